The van der Waals surface area contributed by atoms with E-state index in [1.807, 2.05) is 13.8 Å². The third-order valence-electron chi connectivity index (χ3n) is 6.27. The molecule has 0 unspecified atom stereocenters. The lowest BCUT2D eigenvalue weighted by Gasteiger charge is -2.32. The normalized spacial score (nSPS) is 12.2. The molecule has 39 heavy (non-hydrogen) atoms. The average Bonchev–Trinajstić information content (AvgIpc) is 2.91. The summed E-state index contributed by atoms with van der Waals surface area (Å²) < 4.78 is 28.8. The van der Waals surface area contributed by atoms with Gasteiger partial charge in [-0.25, -0.2) is 8.42 Å². The Balaban J connectivity index is 2.05. The summed E-state index contributed by atoms with van der Waals surface area (Å²) >= 11 is 12.7. The first-order valence-corrected chi connectivity index (χ1v) is 14.8. The predicted octanol–water partition coefficient (Wildman–Crippen LogP) is 5.69. The molecule has 0 spiro atoms. The highest BCUT2D eigenvalue weighted by atomic mass is 35.5. The fraction of sp³-hybridized carbons (Fsp3) is 0.310. The third kappa shape index (κ3) is 7.53. The zero-order chi connectivity index (χ0) is 28.7. The first-order chi connectivity index (χ1) is 18.4. The molecule has 2 amide bonds. The van der Waals surface area contributed by atoms with Gasteiger partial charge in [0.25, 0.3) is 10.0 Å². The Hall–Kier alpha value is -3.07. The number of hydrogen-bond donors (Lipinski definition) is 1. The highest BCUT2D eigenvalue weighted by Crippen LogP contribution is 2.31. The molecule has 0 heterocycles. The van der Waals surface area contributed by atoms with Crippen molar-refractivity contribution in [3.8, 4) is 0 Å². The topological polar surface area (TPSA) is 86.8 Å². The molecule has 3 aromatic carbocycles. The predicted molar refractivity (Wildman–Crippen MR) is 156 cm³/mol. The Morgan fingerprint density at radius 2 is 1.49 bits per heavy atom. The molecule has 0 radical (unpaired) electrons. The number of carbonyl (C=O) groups excluding carboxylic acids is 2. The molecule has 0 bridgehead atoms. The van der Waals surface area contributed by atoms with Crippen molar-refractivity contribution < 1.29 is 18.0 Å². The SMILES string of the molecule is Cc1c(Cl)cccc1N(CC(=O)N(Cc1ccccc1Cl)[C@@H](C)C(=O)NCC(C)C)S(=O)(=O)c1ccccc1. The molecule has 10 heteroatoms. The molecule has 3 aromatic rings. The van der Waals surface area contributed by atoms with E-state index < -0.39 is 28.5 Å². The summed E-state index contributed by atoms with van der Waals surface area (Å²) in [7, 11) is -4.17. The van der Waals surface area contributed by atoms with Gasteiger partial charge < -0.3 is 10.2 Å². The van der Waals surface area contributed by atoms with E-state index in [2.05, 4.69) is 5.32 Å². The number of sulfonamides is 1. The van der Waals surface area contributed by atoms with Crippen molar-refractivity contribution in [2.45, 2.75) is 45.2 Å². The molecule has 0 aliphatic heterocycles. The van der Waals surface area contributed by atoms with Crippen LogP contribution in [-0.4, -0.2) is 44.3 Å². The van der Waals surface area contributed by atoms with E-state index in [1.165, 1.54) is 17.0 Å². The van der Waals surface area contributed by atoms with E-state index in [0.717, 1.165) is 4.31 Å². The average molecular weight is 591 g/mol. The van der Waals surface area contributed by atoms with Crippen LogP contribution in [0.1, 0.15) is 31.9 Å². The molecule has 0 aliphatic rings. The Labute approximate surface area is 240 Å². The van der Waals surface area contributed by atoms with Crippen LogP contribution < -0.4 is 9.62 Å². The molecule has 0 saturated heterocycles. The van der Waals surface area contributed by atoms with E-state index >= 15 is 0 Å². The van der Waals surface area contributed by atoms with E-state index in [1.54, 1.807) is 74.5 Å². The number of hydrogen-bond acceptors (Lipinski definition) is 4. The van der Waals surface area contributed by atoms with Gasteiger partial charge in [0, 0.05) is 23.1 Å². The van der Waals surface area contributed by atoms with Crippen LogP contribution in [0.25, 0.3) is 0 Å². The lowest BCUT2D eigenvalue weighted by molar-refractivity contribution is -0.139. The maximum atomic E-state index is 14.0. The van der Waals surface area contributed by atoms with Crippen molar-refractivity contribution in [3.63, 3.8) is 0 Å². The van der Waals surface area contributed by atoms with Gasteiger partial charge in [-0.15, -0.1) is 0 Å². The second kappa shape index (κ2) is 13.3. The molecule has 3 rings (SSSR count). The second-order valence-corrected chi connectivity index (χ2v) is 12.3. The summed E-state index contributed by atoms with van der Waals surface area (Å²) in [5, 5.41) is 3.66. The second-order valence-electron chi connectivity index (χ2n) is 9.64. The molecule has 1 N–H and O–H groups in total. The van der Waals surface area contributed by atoms with Crippen LogP contribution in [0.4, 0.5) is 5.69 Å². The summed E-state index contributed by atoms with van der Waals surface area (Å²) in [6.45, 7) is 7.15. The van der Waals surface area contributed by atoms with Crippen LogP contribution in [0.2, 0.25) is 10.0 Å². The van der Waals surface area contributed by atoms with Crippen molar-refractivity contribution in [1.82, 2.24) is 10.2 Å². The molecule has 208 valence electrons. The van der Waals surface area contributed by atoms with E-state index in [-0.39, 0.29) is 29.0 Å². The minimum atomic E-state index is -4.17. The number of halogens is 2. The van der Waals surface area contributed by atoms with Gasteiger partial charge in [-0.2, -0.15) is 0 Å². The Morgan fingerprint density at radius 1 is 0.872 bits per heavy atom. The molecule has 0 aliphatic carbocycles. The van der Waals surface area contributed by atoms with Crippen molar-refractivity contribution in [1.29, 1.82) is 0 Å². The summed E-state index contributed by atoms with van der Waals surface area (Å²) in [6, 6.07) is 18.9. The summed E-state index contributed by atoms with van der Waals surface area (Å²) in [5.74, 6) is -0.701. The van der Waals surface area contributed by atoms with E-state index in [0.29, 0.717) is 27.7 Å². The van der Waals surface area contributed by atoms with Gasteiger partial charge in [0.1, 0.15) is 12.6 Å². The van der Waals surface area contributed by atoms with Gasteiger partial charge in [0.15, 0.2) is 0 Å². The molecule has 0 aromatic heterocycles. The number of nitrogens with zero attached hydrogens (tertiary/aromatic N) is 2. The summed E-state index contributed by atoms with van der Waals surface area (Å²) in [6.07, 6.45) is 0. The Morgan fingerprint density at radius 3 is 2.13 bits per heavy atom. The smallest absolute Gasteiger partial charge is 0.264 e. The van der Waals surface area contributed by atoms with Crippen LogP contribution >= 0.6 is 23.2 Å². The Bertz CT molecular complexity index is 1420. The van der Waals surface area contributed by atoms with Crippen molar-refractivity contribution >= 4 is 50.7 Å². The van der Waals surface area contributed by atoms with Gasteiger partial charge in [-0.05, 0) is 61.2 Å². The van der Waals surface area contributed by atoms with Crippen LogP contribution in [-0.2, 0) is 26.2 Å². The number of amides is 2. The van der Waals surface area contributed by atoms with Crippen molar-refractivity contribution in [2.75, 3.05) is 17.4 Å². The monoisotopic (exact) mass is 589 g/mol. The van der Waals surface area contributed by atoms with Crippen LogP contribution in [0.3, 0.4) is 0 Å². The highest BCUT2D eigenvalue weighted by Gasteiger charge is 2.33. The zero-order valence-corrected chi connectivity index (χ0v) is 24.7. The molecule has 7 nitrogen and oxygen atoms in total. The number of benzene rings is 3. The van der Waals surface area contributed by atoms with Gasteiger partial charge in [0.2, 0.25) is 11.8 Å². The quantitative estimate of drug-likeness (QED) is 0.311. The van der Waals surface area contributed by atoms with Crippen LogP contribution in [0.15, 0.2) is 77.7 Å². The van der Waals surface area contributed by atoms with Crippen LogP contribution in [0.5, 0.6) is 0 Å². The van der Waals surface area contributed by atoms with Crippen molar-refractivity contribution in [2.24, 2.45) is 5.92 Å². The summed E-state index contributed by atoms with van der Waals surface area (Å²) in [4.78, 5) is 28.4. The van der Waals surface area contributed by atoms with Gasteiger partial charge >= 0.3 is 0 Å². The fourth-order valence-corrected chi connectivity index (χ4v) is 5.80. The lowest BCUT2D eigenvalue weighted by Crippen LogP contribution is -2.51. The molecule has 1 atom stereocenters. The number of rotatable bonds is 11. The summed E-state index contributed by atoms with van der Waals surface area (Å²) in [5.41, 5.74) is 1.41. The van der Waals surface area contributed by atoms with Gasteiger partial charge in [0.05, 0.1) is 10.6 Å². The molecule has 0 saturated carbocycles. The number of nitrogens with one attached hydrogen (secondary N) is 1. The zero-order valence-electron chi connectivity index (χ0n) is 22.4. The molecular weight excluding hydrogens is 557 g/mol. The van der Waals surface area contributed by atoms with E-state index in [4.69, 9.17) is 23.2 Å². The standard InChI is InChI=1S/C29H33Cl2N3O4S/c1-20(2)17-32-29(36)22(4)33(18-23-11-8-9-14-26(23)31)28(35)19-34(27-16-10-15-25(30)21(27)3)39(37,38)24-12-6-5-7-13-24/h5-16,20,22H,17-19H2,1-4H3,(H,32,36)/t22-/m0/s1. The lowest BCUT2D eigenvalue weighted by atomic mass is 10.1. The van der Waals surface area contributed by atoms with Gasteiger partial charge in [-0.1, -0.05) is 79.5 Å². The van der Waals surface area contributed by atoms with Crippen LogP contribution in [0, 0.1) is 12.8 Å². The minimum absolute atomic E-state index is 0.0164. The van der Waals surface area contributed by atoms with E-state index in [9.17, 15) is 18.0 Å². The largest absolute Gasteiger partial charge is 0.354 e. The number of anilines is 1. The maximum absolute atomic E-state index is 14.0. The maximum Gasteiger partial charge on any atom is 0.264 e. The third-order valence-corrected chi connectivity index (χ3v) is 8.82. The minimum Gasteiger partial charge on any atom is -0.354 e. The first-order valence-electron chi connectivity index (χ1n) is 12.6. The fourth-order valence-electron chi connectivity index (χ4n) is 3.94. The first kappa shape index (κ1) is 30.5. The van der Waals surface area contributed by atoms with Crippen molar-refractivity contribution in [3.05, 3.63) is 94.0 Å². The number of carbonyl (C=O) groups is 2. The highest BCUT2D eigenvalue weighted by molar-refractivity contribution is 7.92. The Kier molecular flexibility index (Phi) is 10.4. The van der Waals surface area contributed by atoms with Gasteiger partial charge in [-0.3, -0.25) is 13.9 Å². The molecular formula is C29H33Cl2N3O4S. The molecule has 0 fully saturated rings.